The Balaban J connectivity index is 1.44. The molecule has 0 radical (unpaired) electrons. The van der Waals surface area contributed by atoms with Crippen LogP contribution in [0.4, 0.5) is 5.13 Å². The number of hydrogen-bond acceptors (Lipinski definition) is 5. The van der Waals surface area contributed by atoms with E-state index in [-0.39, 0.29) is 5.92 Å². The molecule has 0 bridgehead atoms. The number of ether oxygens (including phenoxy) is 1. The van der Waals surface area contributed by atoms with Crippen LogP contribution in [0.5, 0.6) is 11.5 Å². The molecule has 1 N–H and O–H groups in total. The molecule has 0 amide bonds. The fourth-order valence-corrected chi connectivity index (χ4v) is 5.19. The van der Waals surface area contributed by atoms with E-state index >= 15 is 0 Å². The Morgan fingerprint density at radius 1 is 0.848 bits per heavy atom. The maximum Gasteiger partial charge on any atom is 0.306 e. The molecule has 0 saturated carbocycles. The summed E-state index contributed by atoms with van der Waals surface area (Å²) in [6, 6.07) is 28.0. The Hall–Kier alpha value is -3.64. The number of aliphatic carboxylic acids is 1. The third-order valence-corrected chi connectivity index (χ3v) is 7.04. The molecular weight excluding hydrogens is 432 g/mol. The van der Waals surface area contributed by atoms with Gasteiger partial charge in [0.15, 0.2) is 5.13 Å². The topological polar surface area (TPSA) is 62.7 Å². The molecule has 1 aliphatic heterocycles. The molecule has 166 valence electrons. The van der Waals surface area contributed by atoms with E-state index in [0.717, 1.165) is 38.3 Å². The van der Waals surface area contributed by atoms with Gasteiger partial charge < -0.3 is 14.7 Å². The van der Waals surface area contributed by atoms with Crippen LogP contribution in [0.1, 0.15) is 12.8 Å². The molecule has 0 aliphatic carbocycles. The lowest BCUT2D eigenvalue weighted by molar-refractivity contribution is -0.142. The first-order chi connectivity index (χ1) is 16.2. The van der Waals surface area contributed by atoms with Gasteiger partial charge in [0.1, 0.15) is 11.5 Å². The molecule has 33 heavy (non-hydrogen) atoms. The van der Waals surface area contributed by atoms with Gasteiger partial charge in [0.2, 0.25) is 0 Å². The summed E-state index contributed by atoms with van der Waals surface area (Å²) in [6.07, 6.45) is 1.30. The number of carboxylic acids is 1. The minimum atomic E-state index is -0.697. The van der Waals surface area contributed by atoms with Crippen molar-refractivity contribution in [3.8, 4) is 33.2 Å². The zero-order valence-corrected chi connectivity index (χ0v) is 18.9. The standard InChI is InChI=1S/C27H24N2O3S/c30-26(31)21-15-17-29(18-16-21)27-28-24(25(33-27)20-7-3-1-4-8-20)19-11-13-23(14-12-19)32-22-9-5-2-6-10-22/h1-14,21H,15-18H2,(H,30,31). The van der Waals surface area contributed by atoms with Crippen molar-refractivity contribution < 1.29 is 14.6 Å². The van der Waals surface area contributed by atoms with Crippen molar-refractivity contribution in [1.29, 1.82) is 0 Å². The van der Waals surface area contributed by atoms with Crippen molar-refractivity contribution in [3.63, 3.8) is 0 Å². The summed E-state index contributed by atoms with van der Waals surface area (Å²) in [5.74, 6) is 0.622. The fraction of sp³-hybridized carbons (Fsp3) is 0.185. The van der Waals surface area contributed by atoms with E-state index in [9.17, 15) is 9.90 Å². The van der Waals surface area contributed by atoms with Gasteiger partial charge in [0.25, 0.3) is 0 Å². The maximum absolute atomic E-state index is 11.3. The van der Waals surface area contributed by atoms with Gasteiger partial charge in [-0.05, 0) is 54.8 Å². The zero-order chi connectivity index (χ0) is 22.6. The van der Waals surface area contributed by atoms with Crippen LogP contribution in [-0.4, -0.2) is 29.1 Å². The largest absolute Gasteiger partial charge is 0.481 e. The molecule has 5 nitrogen and oxygen atoms in total. The van der Waals surface area contributed by atoms with Crippen molar-refractivity contribution >= 4 is 22.4 Å². The number of rotatable bonds is 6. The Kier molecular flexibility index (Phi) is 6.09. The van der Waals surface area contributed by atoms with Gasteiger partial charge in [-0.25, -0.2) is 4.98 Å². The molecule has 0 atom stereocenters. The number of hydrogen-bond donors (Lipinski definition) is 1. The number of aromatic nitrogens is 1. The number of thiazole rings is 1. The summed E-state index contributed by atoms with van der Waals surface area (Å²) >= 11 is 1.67. The van der Waals surface area contributed by atoms with Crippen LogP contribution in [-0.2, 0) is 4.79 Å². The highest BCUT2D eigenvalue weighted by atomic mass is 32.1. The molecule has 5 rings (SSSR count). The molecular formula is C27H24N2O3S. The number of piperidine rings is 1. The van der Waals surface area contributed by atoms with Gasteiger partial charge in [0.05, 0.1) is 16.5 Å². The summed E-state index contributed by atoms with van der Waals surface area (Å²) in [4.78, 5) is 19.7. The van der Waals surface area contributed by atoms with Crippen LogP contribution < -0.4 is 9.64 Å². The lowest BCUT2D eigenvalue weighted by Gasteiger charge is -2.29. The number of para-hydroxylation sites is 1. The molecule has 0 spiro atoms. The molecule has 3 aromatic carbocycles. The fourth-order valence-electron chi connectivity index (χ4n) is 4.05. The first-order valence-electron chi connectivity index (χ1n) is 11.0. The van der Waals surface area contributed by atoms with Crippen LogP contribution in [0, 0.1) is 5.92 Å². The van der Waals surface area contributed by atoms with E-state index in [1.807, 2.05) is 72.8 Å². The highest BCUT2D eigenvalue weighted by molar-refractivity contribution is 7.19. The Bertz CT molecular complexity index is 1220. The average molecular weight is 457 g/mol. The summed E-state index contributed by atoms with van der Waals surface area (Å²) < 4.78 is 5.94. The molecule has 0 unspecified atom stereocenters. The van der Waals surface area contributed by atoms with E-state index in [0.29, 0.717) is 25.9 Å². The summed E-state index contributed by atoms with van der Waals surface area (Å²) in [5, 5.41) is 10.3. The number of nitrogens with zero attached hydrogens (tertiary/aromatic N) is 2. The first-order valence-corrected chi connectivity index (χ1v) is 11.9. The van der Waals surface area contributed by atoms with E-state index in [4.69, 9.17) is 9.72 Å². The normalized spacial score (nSPS) is 14.2. The smallest absolute Gasteiger partial charge is 0.306 e. The van der Waals surface area contributed by atoms with Crippen LogP contribution >= 0.6 is 11.3 Å². The van der Waals surface area contributed by atoms with Crippen LogP contribution in [0.3, 0.4) is 0 Å². The third-order valence-electron chi connectivity index (χ3n) is 5.87. The number of anilines is 1. The van der Waals surface area contributed by atoms with Gasteiger partial charge in [-0.1, -0.05) is 59.9 Å². The first kappa shape index (κ1) is 21.2. The summed E-state index contributed by atoms with van der Waals surface area (Å²) in [5.41, 5.74) is 3.09. The number of carboxylic acid groups (broad SMARTS) is 1. The lowest BCUT2D eigenvalue weighted by atomic mass is 9.97. The second-order valence-corrected chi connectivity index (χ2v) is 9.06. The average Bonchev–Trinajstić information content (AvgIpc) is 3.31. The predicted octanol–water partition coefficient (Wildman–Crippen LogP) is 6.57. The van der Waals surface area contributed by atoms with Crippen molar-refractivity contribution in [1.82, 2.24) is 4.98 Å². The third kappa shape index (κ3) is 4.76. The zero-order valence-electron chi connectivity index (χ0n) is 18.1. The highest BCUT2D eigenvalue weighted by Gasteiger charge is 2.27. The number of carbonyl (C=O) groups is 1. The van der Waals surface area contributed by atoms with Crippen LogP contribution in [0.2, 0.25) is 0 Å². The van der Waals surface area contributed by atoms with Gasteiger partial charge in [-0.2, -0.15) is 0 Å². The molecule has 2 heterocycles. The Morgan fingerprint density at radius 3 is 2.09 bits per heavy atom. The lowest BCUT2D eigenvalue weighted by Crippen LogP contribution is -2.36. The van der Waals surface area contributed by atoms with E-state index < -0.39 is 5.97 Å². The van der Waals surface area contributed by atoms with Gasteiger partial charge >= 0.3 is 5.97 Å². The monoisotopic (exact) mass is 456 g/mol. The Morgan fingerprint density at radius 2 is 1.45 bits per heavy atom. The van der Waals surface area contributed by atoms with Crippen molar-refractivity contribution in [2.24, 2.45) is 5.92 Å². The van der Waals surface area contributed by atoms with Gasteiger partial charge in [0, 0.05) is 18.7 Å². The van der Waals surface area contributed by atoms with E-state index in [1.54, 1.807) is 11.3 Å². The Labute approximate surface area is 196 Å². The maximum atomic E-state index is 11.3. The molecule has 1 aromatic heterocycles. The van der Waals surface area contributed by atoms with Crippen LogP contribution in [0.25, 0.3) is 21.7 Å². The van der Waals surface area contributed by atoms with Crippen molar-refractivity contribution in [2.75, 3.05) is 18.0 Å². The molecule has 1 aliphatic rings. The molecule has 1 fully saturated rings. The highest BCUT2D eigenvalue weighted by Crippen LogP contribution is 2.41. The second kappa shape index (κ2) is 9.46. The molecule has 6 heteroatoms. The van der Waals surface area contributed by atoms with E-state index in [1.165, 1.54) is 0 Å². The quantitative estimate of drug-likeness (QED) is 0.355. The van der Waals surface area contributed by atoms with Gasteiger partial charge in [-0.15, -0.1) is 0 Å². The SMILES string of the molecule is O=C(O)C1CCN(c2nc(-c3ccc(Oc4ccccc4)cc3)c(-c3ccccc3)s2)CC1. The summed E-state index contributed by atoms with van der Waals surface area (Å²) in [7, 11) is 0. The second-order valence-electron chi connectivity index (χ2n) is 8.08. The number of benzene rings is 3. The molecule has 1 saturated heterocycles. The minimum Gasteiger partial charge on any atom is -0.481 e. The van der Waals surface area contributed by atoms with Gasteiger partial charge in [-0.3, -0.25) is 4.79 Å². The van der Waals surface area contributed by atoms with E-state index in [2.05, 4.69) is 17.0 Å². The van der Waals surface area contributed by atoms with Crippen molar-refractivity contribution in [2.45, 2.75) is 12.8 Å². The minimum absolute atomic E-state index is 0.258. The predicted molar refractivity (Wildman–Crippen MR) is 132 cm³/mol. The van der Waals surface area contributed by atoms with Crippen LogP contribution in [0.15, 0.2) is 84.9 Å². The molecule has 4 aromatic rings. The summed E-state index contributed by atoms with van der Waals surface area (Å²) in [6.45, 7) is 1.42. The van der Waals surface area contributed by atoms with Crippen molar-refractivity contribution in [3.05, 3.63) is 84.9 Å².